The van der Waals surface area contributed by atoms with Gasteiger partial charge in [-0.05, 0) is 30.9 Å². The standard InChI is InChI=1S/C11H13ClF2N2/c12-8-5-9(13)7(4-10(8)14)11(16-15)6-2-1-3-6/h4-6,11,16H,1-3,15H2. The number of hydrogen-bond donors (Lipinski definition) is 2. The normalized spacial score (nSPS) is 18.2. The van der Waals surface area contributed by atoms with Gasteiger partial charge in [0.2, 0.25) is 0 Å². The van der Waals surface area contributed by atoms with E-state index in [0.717, 1.165) is 31.4 Å². The van der Waals surface area contributed by atoms with E-state index in [2.05, 4.69) is 5.43 Å². The van der Waals surface area contributed by atoms with Crippen LogP contribution in [-0.2, 0) is 0 Å². The molecule has 5 heteroatoms. The van der Waals surface area contributed by atoms with Crippen LogP contribution in [0.25, 0.3) is 0 Å². The van der Waals surface area contributed by atoms with E-state index < -0.39 is 11.6 Å². The maximum Gasteiger partial charge on any atom is 0.142 e. The summed E-state index contributed by atoms with van der Waals surface area (Å²) in [7, 11) is 0. The smallest absolute Gasteiger partial charge is 0.142 e. The van der Waals surface area contributed by atoms with Crippen molar-refractivity contribution in [1.82, 2.24) is 5.43 Å². The summed E-state index contributed by atoms with van der Waals surface area (Å²) >= 11 is 5.49. The summed E-state index contributed by atoms with van der Waals surface area (Å²) in [5.74, 6) is 4.55. The molecule has 16 heavy (non-hydrogen) atoms. The molecule has 1 aromatic carbocycles. The van der Waals surface area contributed by atoms with Gasteiger partial charge in [-0.2, -0.15) is 0 Å². The van der Waals surface area contributed by atoms with Crippen molar-refractivity contribution in [2.24, 2.45) is 11.8 Å². The Morgan fingerprint density at radius 1 is 1.31 bits per heavy atom. The molecular weight excluding hydrogens is 234 g/mol. The second-order valence-electron chi connectivity index (χ2n) is 4.12. The van der Waals surface area contributed by atoms with Gasteiger partial charge >= 0.3 is 0 Å². The number of nitrogens with two attached hydrogens (primary N) is 1. The van der Waals surface area contributed by atoms with Gasteiger partial charge in [-0.1, -0.05) is 18.0 Å². The second kappa shape index (κ2) is 4.65. The number of hydrazine groups is 1. The first-order chi connectivity index (χ1) is 7.63. The van der Waals surface area contributed by atoms with Gasteiger partial charge in [0.1, 0.15) is 11.6 Å². The molecule has 1 aliphatic rings. The van der Waals surface area contributed by atoms with Crippen molar-refractivity contribution < 1.29 is 8.78 Å². The fraction of sp³-hybridized carbons (Fsp3) is 0.455. The van der Waals surface area contributed by atoms with Crippen molar-refractivity contribution in [3.05, 3.63) is 34.4 Å². The minimum atomic E-state index is -0.613. The number of rotatable bonds is 3. The van der Waals surface area contributed by atoms with Crippen LogP contribution in [0.4, 0.5) is 8.78 Å². The molecule has 0 bridgehead atoms. The van der Waals surface area contributed by atoms with Gasteiger partial charge in [0, 0.05) is 5.56 Å². The quantitative estimate of drug-likeness (QED) is 0.489. The second-order valence-corrected chi connectivity index (χ2v) is 4.53. The lowest BCUT2D eigenvalue weighted by Crippen LogP contribution is -2.37. The van der Waals surface area contributed by atoms with Gasteiger partial charge in [0.25, 0.3) is 0 Å². The van der Waals surface area contributed by atoms with E-state index in [1.807, 2.05) is 0 Å². The van der Waals surface area contributed by atoms with Gasteiger partial charge in [-0.3, -0.25) is 11.3 Å². The van der Waals surface area contributed by atoms with Gasteiger partial charge < -0.3 is 0 Å². The summed E-state index contributed by atoms with van der Waals surface area (Å²) in [5.41, 5.74) is 2.82. The number of hydrogen-bond acceptors (Lipinski definition) is 2. The van der Waals surface area contributed by atoms with Crippen LogP contribution in [0, 0.1) is 17.6 Å². The topological polar surface area (TPSA) is 38.0 Å². The third-order valence-electron chi connectivity index (χ3n) is 3.18. The van der Waals surface area contributed by atoms with Crippen molar-refractivity contribution in [2.75, 3.05) is 0 Å². The molecule has 0 heterocycles. The molecule has 1 unspecified atom stereocenters. The Morgan fingerprint density at radius 2 is 2.00 bits per heavy atom. The fourth-order valence-corrected chi connectivity index (χ4v) is 2.18. The van der Waals surface area contributed by atoms with E-state index in [-0.39, 0.29) is 22.5 Å². The van der Waals surface area contributed by atoms with Gasteiger partial charge in [-0.15, -0.1) is 0 Å². The van der Waals surface area contributed by atoms with Gasteiger partial charge in [0.15, 0.2) is 0 Å². The summed E-state index contributed by atoms with van der Waals surface area (Å²) in [5, 5.41) is -0.203. The molecule has 0 spiro atoms. The van der Waals surface area contributed by atoms with Crippen LogP contribution in [0.2, 0.25) is 5.02 Å². The monoisotopic (exact) mass is 246 g/mol. The Hall–Kier alpha value is -0.710. The van der Waals surface area contributed by atoms with Crippen LogP contribution in [-0.4, -0.2) is 0 Å². The molecule has 3 N–H and O–H groups in total. The predicted octanol–water partition coefficient (Wildman–Crippen LogP) is 2.92. The van der Waals surface area contributed by atoms with Gasteiger partial charge in [0.05, 0.1) is 11.1 Å². The SMILES string of the molecule is NNC(c1cc(F)c(Cl)cc1F)C1CCC1. The zero-order valence-electron chi connectivity index (χ0n) is 8.64. The molecule has 0 radical (unpaired) electrons. The molecule has 1 saturated carbocycles. The first kappa shape index (κ1) is 11.8. The summed E-state index contributed by atoms with van der Waals surface area (Å²) in [6.07, 6.45) is 3.08. The Bertz CT molecular complexity index is 394. The van der Waals surface area contributed by atoms with Crippen LogP contribution in [0.1, 0.15) is 30.9 Å². The number of nitrogens with one attached hydrogen (secondary N) is 1. The minimum Gasteiger partial charge on any atom is -0.271 e. The Morgan fingerprint density at radius 3 is 2.50 bits per heavy atom. The van der Waals surface area contributed by atoms with E-state index >= 15 is 0 Å². The molecule has 0 amide bonds. The van der Waals surface area contributed by atoms with E-state index in [9.17, 15) is 8.78 Å². The summed E-state index contributed by atoms with van der Waals surface area (Å²) < 4.78 is 26.9. The number of halogens is 3. The third-order valence-corrected chi connectivity index (χ3v) is 3.47. The molecule has 0 aliphatic heterocycles. The van der Waals surface area contributed by atoms with E-state index in [4.69, 9.17) is 17.4 Å². The molecular formula is C11H13ClF2N2. The van der Waals surface area contributed by atoms with Crippen LogP contribution in [0.3, 0.4) is 0 Å². The van der Waals surface area contributed by atoms with E-state index in [0.29, 0.717) is 0 Å². The molecule has 88 valence electrons. The van der Waals surface area contributed by atoms with Crippen molar-refractivity contribution >= 4 is 11.6 Å². The first-order valence-corrected chi connectivity index (χ1v) is 5.62. The van der Waals surface area contributed by atoms with Crippen LogP contribution < -0.4 is 11.3 Å². The summed E-state index contributed by atoms with van der Waals surface area (Å²) in [4.78, 5) is 0. The Balaban J connectivity index is 2.33. The zero-order chi connectivity index (χ0) is 11.7. The van der Waals surface area contributed by atoms with Crippen molar-refractivity contribution in [3.63, 3.8) is 0 Å². The average molecular weight is 247 g/mol. The van der Waals surface area contributed by atoms with Crippen molar-refractivity contribution in [3.8, 4) is 0 Å². The van der Waals surface area contributed by atoms with Gasteiger partial charge in [-0.25, -0.2) is 8.78 Å². The van der Waals surface area contributed by atoms with Crippen molar-refractivity contribution in [2.45, 2.75) is 25.3 Å². The first-order valence-electron chi connectivity index (χ1n) is 5.24. The molecule has 1 fully saturated rings. The van der Waals surface area contributed by atoms with Crippen molar-refractivity contribution in [1.29, 1.82) is 0 Å². The summed E-state index contributed by atoms with van der Waals surface area (Å²) in [6.45, 7) is 0. The lowest BCUT2D eigenvalue weighted by Gasteiger charge is -2.33. The van der Waals surface area contributed by atoms with Crippen LogP contribution >= 0.6 is 11.6 Å². The number of benzene rings is 1. The lowest BCUT2D eigenvalue weighted by atomic mass is 9.77. The molecule has 1 aliphatic carbocycles. The minimum absolute atomic E-state index is 0.203. The fourth-order valence-electron chi connectivity index (χ4n) is 2.03. The largest absolute Gasteiger partial charge is 0.271 e. The molecule has 1 aromatic rings. The highest BCUT2D eigenvalue weighted by molar-refractivity contribution is 6.30. The average Bonchev–Trinajstić information content (AvgIpc) is 2.17. The lowest BCUT2D eigenvalue weighted by molar-refractivity contribution is 0.228. The molecule has 0 aromatic heterocycles. The molecule has 2 rings (SSSR count). The highest BCUT2D eigenvalue weighted by atomic mass is 35.5. The molecule has 2 nitrogen and oxygen atoms in total. The molecule has 1 atom stereocenters. The Labute approximate surface area is 97.7 Å². The zero-order valence-corrected chi connectivity index (χ0v) is 9.40. The van der Waals surface area contributed by atoms with Crippen LogP contribution in [0.5, 0.6) is 0 Å². The molecule has 0 saturated heterocycles. The highest BCUT2D eigenvalue weighted by Crippen LogP contribution is 2.38. The van der Waals surface area contributed by atoms with Crippen LogP contribution in [0.15, 0.2) is 12.1 Å². The predicted molar refractivity (Wildman–Crippen MR) is 58.8 cm³/mol. The highest BCUT2D eigenvalue weighted by Gasteiger charge is 2.30. The van der Waals surface area contributed by atoms with E-state index in [1.54, 1.807) is 0 Å². The maximum atomic E-state index is 13.6. The Kier molecular flexibility index (Phi) is 3.42. The summed E-state index contributed by atoms with van der Waals surface area (Å²) in [6, 6.07) is 1.79. The third kappa shape index (κ3) is 2.05. The van der Waals surface area contributed by atoms with E-state index in [1.165, 1.54) is 0 Å². The maximum absolute atomic E-state index is 13.6.